The van der Waals surface area contributed by atoms with Crippen LogP contribution in [0.1, 0.15) is 33.2 Å². The zero-order valence-electron chi connectivity index (χ0n) is 15.9. The Morgan fingerprint density at radius 1 is 0.893 bits per heavy atom. The SMILES string of the molecule is CC(=O)N1CCN(C(=O)c2ccc(C(=O)Nc3ccc(Cl)cc3C)cc2)CC1. The van der Waals surface area contributed by atoms with Gasteiger partial charge in [0.1, 0.15) is 0 Å². The fourth-order valence-electron chi connectivity index (χ4n) is 3.13. The van der Waals surface area contributed by atoms with E-state index in [-0.39, 0.29) is 17.7 Å². The number of piperazine rings is 1. The van der Waals surface area contributed by atoms with E-state index in [0.29, 0.717) is 48.0 Å². The van der Waals surface area contributed by atoms with Crippen LogP contribution in [0.25, 0.3) is 0 Å². The summed E-state index contributed by atoms with van der Waals surface area (Å²) in [6, 6.07) is 11.8. The van der Waals surface area contributed by atoms with Crippen LogP contribution in [0.3, 0.4) is 0 Å². The largest absolute Gasteiger partial charge is 0.339 e. The molecular formula is C21H22ClN3O3. The maximum absolute atomic E-state index is 12.6. The lowest BCUT2D eigenvalue weighted by molar-refractivity contribution is -0.130. The Morgan fingerprint density at radius 3 is 2.04 bits per heavy atom. The van der Waals surface area contributed by atoms with Gasteiger partial charge in [0.2, 0.25) is 5.91 Å². The highest BCUT2D eigenvalue weighted by atomic mass is 35.5. The van der Waals surface area contributed by atoms with E-state index in [1.165, 1.54) is 6.92 Å². The van der Waals surface area contributed by atoms with E-state index >= 15 is 0 Å². The first-order chi connectivity index (χ1) is 13.3. The molecule has 1 fully saturated rings. The minimum atomic E-state index is -0.250. The van der Waals surface area contributed by atoms with Gasteiger partial charge in [0.05, 0.1) is 0 Å². The highest BCUT2D eigenvalue weighted by Crippen LogP contribution is 2.20. The zero-order chi connectivity index (χ0) is 20.3. The number of hydrogen-bond donors (Lipinski definition) is 1. The third-order valence-electron chi connectivity index (χ3n) is 4.84. The maximum atomic E-state index is 12.6. The molecule has 0 aromatic heterocycles. The molecule has 2 aromatic carbocycles. The van der Waals surface area contributed by atoms with Crippen LogP contribution >= 0.6 is 11.6 Å². The summed E-state index contributed by atoms with van der Waals surface area (Å²) < 4.78 is 0. The summed E-state index contributed by atoms with van der Waals surface area (Å²) in [5.74, 6) is -0.318. The van der Waals surface area contributed by atoms with Crippen LogP contribution in [0, 0.1) is 6.92 Å². The van der Waals surface area contributed by atoms with Crippen molar-refractivity contribution in [3.63, 3.8) is 0 Å². The quantitative estimate of drug-likeness (QED) is 0.861. The third-order valence-corrected chi connectivity index (χ3v) is 5.08. The predicted octanol–water partition coefficient (Wildman–Crippen LogP) is 3.21. The molecular weight excluding hydrogens is 378 g/mol. The molecule has 3 rings (SSSR count). The average molecular weight is 400 g/mol. The van der Waals surface area contributed by atoms with Gasteiger partial charge in [-0.1, -0.05) is 11.6 Å². The number of hydrogen-bond acceptors (Lipinski definition) is 3. The molecule has 6 nitrogen and oxygen atoms in total. The molecule has 0 spiro atoms. The molecule has 7 heteroatoms. The number of nitrogens with zero attached hydrogens (tertiary/aromatic N) is 2. The fourth-order valence-corrected chi connectivity index (χ4v) is 3.36. The lowest BCUT2D eigenvalue weighted by Crippen LogP contribution is -2.50. The lowest BCUT2D eigenvalue weighted by Gasteiger charge is -2.34. The Hall–Kier alpha value is -2.86. The first kappa shape index (κ1) is 19.9. The smallest absolute Gasteiger partial charge is 0.255 e. The minimum absolute atomic E-state index is 0.0263. The molecule has 1 heterocycles. The van der Waals surface area contributed by atoms with Gasteiger partial charge in [-0.05, 0) is 55.0 Å². The molecule has 1 aliphatic rings. The molecule has 1 saturated heterocycles. The molecule has 1 N–H and O–H groups in total. The summed E-state index contributed by atoms with van der Waals surface area (Å²) in [4.78, 5) is 39.9. The molecule has 0 unspecified atom stereocenters. The maximum Gasteiger partial charge on any atom is 0.255 e. The fraction of sp³-hybridized carbons (Fsp3) is 0.286. The molecule has 146 valence electrons. The predicted molar refractivity (Wildman–Crippen MR) is 109 cm³/mol. The average Bonchev–Trinajstić information content (AvgIpc) is 2.69. The van der Waals surface area contributed by atoms with E-state index in [0.717, 1.165) is 5.56 Å². The third kappa shape index (κ3) is 4.51. The molecule has 0 bridgehead atoms. The Morgan fingerprint density at radius 2 is 1.46 bits per heavy atom. The van der Waals surface area contributed by atoms with Crippen molar-refractivity contribution in [3.8, 4) is 0 Å². The van der Waals surface area contributed by atoms with Gasteiger partial charge in [0, 0.05) is 54.9 Å². The molecule has 0 aliphatic carbocycles. The van der Waals surface area contributed by atoms with Crippen LogP contribution in [-0.2, 0) is 4.79 Å². The van der Waals surface area contributed by atoms with Crippen LogP contribution in [0.4, 0.5) is 5.69 Å². The van der Waals surface area contributed by atoms with Crippen molar-refractivity contribution >= 4 is 35.0 Å². The van der Waals surface area contributed by atoms with Crippen LogP contribution in [0.5, 0.6) is 0 Å². The van der Waals surface area contributed by atoms with Crippen molar-refractivity contribution < 1.29 is 14.4 Å². The van der Waals surface area contributed by atoms with Gasteiger partial charge < -0.3 is 15.1 Å². The van der Waals surface area contributed by atoms with Gasteiger partial charge in [-0.25, -0.2) is 0 Å². The second-order valence-corrected chi connectivity index (χ2v) is 7.23. The summed E-state index contributed by atoms with van der Waals surface area (Å²) in [5, 5.41) is 3.46. The van der Waals surface area contributed by atoms with E-state index in [1.54, 1.807) is 52.3 Å². The molecule has 0 saturated carbocycles. The summed E-state index contributed by atoms with van der Waals surface area (Å²) in [6.45, 7) is 5.51. The number of rotatable bonds is 3. The van der Waals surface area contributed by atoms with Crippen molar-refractivity contribution in [2.24, 2.45) is 0 Å². The van der Waals surface area contributed by atoms with E-state index in [9.17, 15) is 14.4 Å². The summed E-state index contributed by atoms with van der Waals surface area (Å²) in [7, 11) is 0. The van der Waals surface area contributed by atoms with E-state index in [4.69, 9.17) is 11.6 Å². The van der Waals surface area contributed by atoms with Crippen LogP contribution < -0.4 is 5.32 Å². The normalized spacial score (nSPS) is 14.0. The summed E-state index contributed by atoms with van der Waals surface area (Å²) >= 11 is 5.94. The first-order valence-corrected chi connectivity index (χ1v) is 9.45. The number of nitrogens with one attached hydrogen (secondary N) is 1. The Bertz CT molecular complexity index is 904. The van der Waals surface area contributed by atoms with Crippen molar-refractivity contribution in [2.75, 3.05) is 31.5 Å². The molecule has 2 aromatic rings. The van der Waals surface area contributed by atoms with Gasteiger partial charge in [-0.2, -0.15) is 0 Å². The molecule has 3 amide bonds. The number of benzene rings is 2. The molecule has 1 aliphatic heterocycles. The monoisotopic (exact) mass is 399 g/mol. The van der Waals surface area contributed by atoms with Gasteiger partial charge >= 0.3 is 0 Å². The van der Waals surface area contributed by atoms with Gasteiger partial charge in [-0.3, -0.25) is 14.4 Å². The summed E-state index contributed by atoms with van der Waals surface area (Å²) in [6.07, 6.45) is 0. The van der Waals surface area contributed by atoms with Gasteiger partial charge in [0.25, 0.3) is 11.8 Å². The lowest BCUT2D eigenvalue weighted by atomic mass is 10.1. The highest BCUT2D eigenvalue weighted by molar-refractivity contribution is 6.30. The Labute approximate surface area is 169 Å². The standard InChI is InChI=1S/C21H22ClN3O3/c1-14-13-18(22)7-8-19(14)23-20(27)16-3-5-17(6-4-16)21(28)25-11-9-24(10-12-25)15(2)26/h3-8,13H,9-12H2,1-2H3,(H,23,27). The number of halogens is 1. The van der Waals surface area contributed by atoms with E-state index in [1.807, 2.05) is 6.92 Å². The number of carbonyl (C=O) groups excluding carboxylic acids is 3. The number of carbonyl (C=O) groups is 3. The number of aryl methyl sites for hydroxylation is 1. The minimum Gasteiger partial charge on any atom is -0.339 e. The van der Waals surface area contributed by atoms with Crippen molar-refractivity contribution in [2.45, 2.75) is 13.8 Å². The molecule has 28 heavy (non-hydrogen) atoms. The topological polar surface area (TPSA) is 69.7 Å². The van der Waals surface area contributed by atoms with E-state index in [2.05, 4.69) is 5.32 Å². The van der Waals surface area contributed by atoms with Gasteiger partial charge in [0.15, 0.2) is 0 Å². The van der Waals surface area contributed by atoms with Crippen LogP contribution in [0.15, 0.2) is 42.5 Å². The summed E-state index contributed by atoms with van der Waals surface area (Å²) in [5.41, 5.74) is 2.55. The van der Waals surface area contributed by atoms with Crippen LogP contribution in [0.2, 0.25) is 5.02 Å². The highest BCUT2D eigenvalue weighted by Gasteiger charge is 2.23. The van der Waals surface area contributed by atoms with Crippen molar-refractivity contribution in [1.82, 2.24) is 9.80 Å². The Balaban J connectivity index is 1.63. The van der Waals surface area contributed by atoms with Crippen molar-refractivity contribution in [1.29, 1.82) is 0 Å². The number of anilines is 1. The Kier molecular flexibility index (Phi) is 5.99. The molecule has 0 radical (unpaired) electrons. The first-order valence-electron chi connectivity index (χ1n) is 9.07. The number of amides is 3. The van der Waals surface area contributed by atoms with Gasteiger partial charge in [-0.15, -0.1) is 0 Å². The van der Waals surface area contributed by atoms with E-state index < -0.39 is 0 Å². The van der Waals surface area contributed by atoms with Crippen LogP contribution in [-0.4, -0.2) is 53.7 Å². The second kappa shape index (κ2) is 8.44. The molecule has 0 atom stereocenters. The second-order valence-electron chi connectivity index (χ2n) is 6.79. The zero-order valence-corrected chi connectivity index (χ0v) is 16.6. The van der Waals surface area contributed by atoms with Crippen molar-refractivity contribution in [3.05, 3.63) is 64.2 Å².